The van der Waals surface area contributed by atoms with Crippen molar-refractivity contribution in [3.63, 3.8) is 0 Å². The van der Waals surface area contributed by atoms with Gasteiger partial charge in [0.1, 0.15) is 5.82 Å². The van der Waals surface area contributed by atoms with Crippen LogP contribution in [0.3, 0.4) is 0 Å². The van der Waals surface area contributed by atoms with Crippen LogP contribution in [0, 0.1) is 19.7 Å². The van der Waals surface area contributed by atoms with E-state index < -0.39 is 5.82 Å². The predicted molar refractivity (Wildman–Crippen MR) is 121 cm³/mol. The molecule has 8 heteroatoms. The number of nitrogens with zero attached hydrogens (tertiary/aromatic N) is 4. The minimum absolute atomic E-state index is 0.0787. The number of halogens is 1. The average Bonchev–Trinajstić information content (AvgIpc) is 3.29. The van der Waals surface area contributed by atoms with Crippen molar-refractivity contribution in [2.45, 2.75) is 64.5 Å². The van der Waals surface area contributed by atoms with E-state index in [2.05, 4.69) is 5.32 Å². The molecule has 2 aromatic heterocycles. The van der Waals surface area contributed by atoms with E-state index in [0.717, 1.165) is 54.0 Å². The van der Waals surface area contributed by atoms with E-state index >= 15 is 0 Å². The number of aromatic nitrogens is 3. The highest BCUT2D eigenvalue weighted by Crippen LogP contribution is 2.33. The van der Waals surface area contributed by atoms with E-state index in [1.165, 1.54) is 12.1 Å². The summed E-state index contributed by atoms with van der Waals surface area (Å²) in [5.74, 6) is -0.523. The van der Waals surface area contributed by atoms with Crippen molar-refractivity contribution in [1.82, 2.24) is 24.8 Å². The second-order valence-electron chi connectivity index (χ2n) is 9.11. The van der Waals surface area contributed by atoms with Gasteiger partial charge in [-0.3, -0.25) is 9.59 Å². The Kier molecular flexibility index (Phi) is 5.60. The Bertz CT molecular complexity index is 1230. The van der Waals surface area contributed by atoms with E-state index in [4.69, 9.17) is 10.1 Å². The van der Waals surface area contributed by atoms with Crippen molar-refractivity contribution in [2.75, 3.05) is 6.54 Å². The molecular weight excluding hydrogens is 421 g/mol. The minimum Gasteiger partial charge on any atom is -0.353 e. The second kappa shape index (κ2) is 8.57. The van der Waals surface area contributed by atoms with Crippen LogP contribution in [-0.2, 0) is 11.2 Å². The van der Waals surface area contributed by atoms with Gasteiger partial charge in [-0.2, -0.15) is 5.10 Å². The van der Waals surface area contributed by atoms with Crippen molar-refractivity contribution in [3.8, 4) is 0 Å². The Morgan fingerprint density at radius 3 is 2.76 bits per heavy atom. The number of fused-ring (bicyclic) bond motifs is 1. The summed E-state index contributed by atoms with van der Waals surface area (Å²) < 4.78 is 15.5. The van der Waals surface area contributed by atoms with Gasteiger partial charge in [0.15, 0.2) is 5.65 Å². The van der Waals surface area contributed by atoms with Crippen molar-refractivity contribution >= 4 is 17.5 Å². The molecule has 3 aromatic rings. The molecule has 0 bridgehead atoms. The van der Waals surface area contributed by atoms with Gasteiger partial charge in [0.25, 0.3) is 5.91 Å². The third-order valence-electron chi connectivity index (χ3n) is 6.65. The first-order valence-electron chi connectivity index (χ1n) is 11.6. The number of nitrogens with one attached hydrogen (secondary N) is 1. The molecular formula is C25H28FN5O2. The summed E-state index contributed by atoms with van der Waals surface area (Å²) >= 11 is 0. The molecule has 0 unspecified atom stereocenters. The third-order valence-corrected chi connectivity index (χ3v) is 6.65. The van der Waals surface area contributed by atoms with Crippen LogP contribution in [0.25, 0.3) is 5.65 Å². The fourth-order valence-electron chi connectivity index (χ4n) is 4.74. The number of carbonyl (C=O) groups excluding carboxylic acids is 2. The van der Waals surface area contributed by atoms with Crippen LogP contribution < -0.4 is 5.32 Å². The third kappa shape index (κ3) is 4.34. The smallest absolute Gasteiger partial charge is 0.254 e. The summed E-state index contributed by atoms with van der Waals surface area (Å²) in [6.07, 6.45) is 4.87. The van der Waals surface area contributed by atoms with Crippen molar-refractivity contribution in [3.05, 3.63) is 64.4 Å². The topological polar surface area (TPSA) is 79.6 Å². The lowest BCUT2D eigenvalue weighted by atomic mass is 10.1. The zero-order valence-corrected chi connectivity index (χ0v) is 19.0. The molecule has 33 heavy (non-hydrogen) atoms. The van der Waals surface area contributed by atoms with Gasteiger partial charge in [-0.1, -0.05) is 6.07 Å². The maximum absolute atomic E-state index is 13.7. The van der Waals surface area contributed by atoms with Crippen molar-refractivity contribution < 1.29 is 14.0 Å². The van der Waals surface area contributed by atoms with Gasteiger partial charge in [-0.05, 0) is 69.7 Å². The number of rotatable bonds is 6. The monoisotopic (exact) mass is 449 g/mol. The lowest BCUT2D eigenvalue weighted by Crippen LogP contribution is -2.30. The van der Waals surface area contributed by atoms with Crippen LogP contribution in [0.5, 0.6) is 0 Å². The summed E-state index contributed by atoms with van der Waals surface area (Å²) in [5, 5.41) is 7.84. The summed E-state index contributed by atoms with van der Waals surface area (Å²) in [4.78, 5) is 31.7. The van der Waals surface area contributed by atoms with Gasteiger partial charge in [-0.25, -0.2) is 13.9 Å². The molecule has 1 saturated heterocycles. The summed E-state index contributed by atoms with van der Waals surface area (Å²) in [5.41, 5.74) is 4.76. The fourth-order valence-corrected chi connectivity index (χ4v) is 4.74. The molecule has 1 aliphatic carbocycles. The quantitative estimate of drug-likeness (QED) is 0.623. The normalized spacial score (nSPS) is 18.2. The van der Waals surface area contributed by atoms with Gasteiger partial charge in [0, 0.05) is 42.0 Å². The molecule has 2 fully saturated rings. The average molecular weight is 450 g/mol. The van der Waals surface area contributed by atoms with Crippen LogP contribution >= 0.6 is 0 Å². The fraction of sp³-hybridized carbons (Fsp3) is 0.440. The Morgan fingerprint density at radius 1 is 1.18 bits per heavy atom. The standard InChI is InChI=1S/C25H28FN5O2/c1-15-20(10-11-24(32)28-19-8-9-19)16(2)31-23(27-15)14-21(29-31)22-7-4-12-30(22)25(33)17-5-3-6-18(26)13-17/h3,5-6,13-14,19,22H,4,7-12H2,1-2H3,(H,28,32)/t22-/m1/s1. The number of likely N-dealkylation sites (tertiary alicyclic amines) is 1. The molecule has 0 spiro atoms. The molecule has 1 saturated carbocycles. The zero-order valence-electron chi connectivity index (χ0n) is 19.0. The molecule has 172 valence electrons. The largest absolute Gasteiger partial charge is 0.353 e. The number of aryl methyl sites for hydroxylation is 2. The predicted octanol–water partition coefficient (Wildman–Crippen LogP) is 3.67. The first-order chi connectivity index (χ1) is 15.9. The van der Waals surface area contributed by atoms with Gasteiger partial charge < -0.3 is 10.2 Å². The van der Waals surface area contributed by atoms with Crippen LogP contribution in [0.2, 0.25) is 0 Å². The molecule has 1 atom stereocenters. The van der Waals surface area contributed by atoms with Crippen LogP contribution in [0.1, 0.15) is 71.1 Å². The highest BCUT2D eigenvalue weighted by molar-refractivity contribution is 5.94. The maximum atomic E-state index is 13.7. The Morgan fingerprint density at radius 2 is 2.00 bits per heavy atom. The number of hydrogen-bond donors (Lipinski definition) is 1. The summed E-state index contributed by atoms with van der Waals surface area (Å²) in [6.45, 7) is 4.57. The molecule has 2 amide bonds. The molecule has 7 nitrogen and oxygen atoms in total. The summed E-state index contributed by atoms with van der Waals surface area (Å²) in [6, 6.07) is 7.94. The second-order valence-corrected chi connectivity index (χ2v) is 9.11. The van der Waals surface area contributed by atoms with E-state index in [1.807, 2.05) is 24.4 Å². The van der Waals surface area contributed by atoms with Gasteiger partial charge in [0.05, 0.1) is 11.7 Å². The number of hydrogen-bond acceptors (Lipinski definition) is 4. The highest BCUT2D eigenvalue weighted by Gasteiger charge is 2.33. The number of benzene rings is 1. The lowest BCUT2D eigenvalue weighted by molar-refractivity contribution is -0.121. The molecule has 0 radical (unpaired) electrons. The molecule has 1 aromatic carbocycles. The van der Waals surface area contributed by atoms with Crippen molar-refractivity contribution in [1.29, 1.82) is 0 Å². The van der Waals surface area contributed by atoms with E-state index in [-0.39, 0.29) is 17.9 Å². The first kappa shape index (κ1) is 21.6. The highest BCUT2D eigenvalue weighted by atomic mass is 19.1. The van der Waals surface area contributed by atoms with E-state index in [9.17, 15) is 14.0 Å². The minimum atomic E-state index is -0.419. The summed E-state index contributed by atoms with van der Waals surface area (Å²) in [7, 11) is 0. The molecule has 5 rings (SSSR count). The molecule has 3 heterocycles. The Balaban J connectivity index is 1.39. The first-order valence-corrected chi connectivity index (χ1v) is 11.6. The number of carbonyl (C=O) groups is 2. The van der Waals surface area contributed by atoms with Crippen molar-refractivity contribution in [2.24, 2.45) is 0 Å². The van der Waals surface area contributed by atoms with E-state index in [1.54, 1.807) is 17.0 Å². The van der Waals surface area contributed by atoms with Gasteiger partial charge in [-0.15, -0.1) is 0 Å². The van der Waals surface area contributed by atoms with Gasteiger partial charge in [0.2, 0.25) is 5.91 Å². The molecule has 1 aliphatic heterocycles. The molecule has 1 N–H and O–H groups in total. The SMILES string of the molecule is Cc1nc2cc([C@H]3CCCN3C(=O)c3cccc(F)c3)nn2c(C)c1CCC(=O)NC1CC1. The maximum Gasteiger partial charge on any atom is 0.254 e. The lowest BCUT2D eigenvalue weighted by Gasteiger charge is -2.23. The van der Waals surface area contributed by atoms with Crippen LogP contribution in [0.4, 0.5) is 4.39 Å². The Labute approximate surface area is 192 Å². The van der Waals surface area contributed by atoms with E-state index in [0.29, 0.717) is 31.0 Å². The van der Waals surface area contributed by atoms with Crippen LogP contribution in [0.15, 0.2) is 30.3 Å². The van der Waals surface area contributed by atoms with Gasteiger partial charge >= 0.3 is 0 Å². The van der Waals surface area contributed by atoms with Crippen LogP contribution in [-0.4, -0.2) is 43.9 Å². The Hall–Kier alpha value is -3.29. The molecule has 2 aliphatic rings. The zero-order chi connectivity index (χ0) is 23.1. The number of amides is 2.